The number of carbonyl (C=O) groups excluding carboxylic acids is 1. The Balaban J connectivity index is 1.95. The van der Waals surface area contributed by atoms with Gasteiger partial charge in [0.15, 0.2) is 0 Å². The van der Waals surface area contributed by atoms with Crippen molar-refractivity contribution in [1.82, 2.24) is 4.90 Å². The first-order valence-electron chi connectivity index (χ1n) is 6.90. The zero-order valence-electron chi connectivity index (χ0n) is 11.7. The number of hydrogen-bond donors (Lipinski definition) is 1. The molecular weight excluding hydrogens is 274 g/mol. The summed E-state index contributed by atoms with van der Waals surface area (Å²) < 4.78 is 5.39. The Kier molecular flexibility index (Phi) is 5.73. The van der Waals surface area contributed by atoms with Crippen molar-refractivity contribution in [3.63, 3.8) is 0 Å². The van der Waals surface area contributed by atoms with Crippen LogP contribution in [-0.4, -0.2) is 46.3 Å². The van der Waals surface area contributed by atoms with Gasteiger partial charge in [-0.3, -0.25) is 4.90 Å². The lowest BCUT2D eigenvalue weighted by molar-refractivity contribution is 0.0534. The van der Waals surface area contributed by atoms with Gasteiger partial charge < -0.3 is 9.84 Å². The molecule has 1 fully saturated rings. The fraction of sp³-hybridized carbons (Fsp3) is 0.533. The number of nitrogens with zero attached hydrogens (tertiary/aromatic N) is 1. The Morgan fingerprint density at radius 3 is 2.85 bits per heavy atom. The predicted octanol–water partition coefficient (Wildman–Crippen LogP) is 2.51. The molecule has 1 heterocycles. The second-order valence-corrected chi connectivity index (χ2v) is 6.15. The van der Waals surface area contributed by atoms with Crippen LogP contribution in [0.1, 0.15) is 18.9 Å². The molecule has 2 unspecified atom stereocenters. The summed E-state index contributed by atoms with van der Waals surface area (Å²) >= 11 is 1.84. The van der Waals surface area contributed by atoms with Crippen LogP contribution in [0.15, 0.2) is 30.3 Å². The Bertz CT molecular complexity index is 420. The SMILES string of the molecule is CC(CO)N(C(=O)OCc1ccccc1)C1CCSC1. The third-order valence-electron chi connectivity index (χ3n) is 3.45. The zero-order valence-corrected chi connectivity index (χ0v) is 12.5. The number of benzene rings is 1. The minimum Gasteiger partial charge on any atom is -0.445 e. The van der Waals surface area contributed by atoms with E-state index in [1.165, 1.54) is 0 Å². The molecule has 0 bridgehead atoms. The van der Waals surface area contributed by atoms with Crippen LogP contribution >= 0.6 is 11.8 Å². The molecule has 0 radical (unpaired) electrons. The summed E-state index contributed by atoms with van der Waals surface area (Å²) in [5.41, 5.74) is 0.971. The molecule has 1 amide bonds. The van der Waals surface area contributed by atoms with Gasteiger partial charge in [0.05, 0.1) is 12.6 Å². The van der Waals surface area contributed by atoms with Crippen LogP contribution in [0.5, 0.6) is 0 Å². The third kappa shape index (κ3) is 3.90. The maximum atomic E-state index is 12.3. The fourth-order valence-electron chi connectivity index (χ4n) is 2.31. The average molecular weight is 295 g/mol. The first-order chi connectivity index (χ1) is 9.72. The van der Waals surface area contributed by atoms with Crippen LogP contribution in [0, 0.1) is 0 Å². The molecule has 1 saturated heterocycles. The van der Waals surface area contributed by atoms with Crippen molar-refractivity contribution in [2.24, 2.45) is 0 Å². The van der Waals surface area contributed by atoms with Crippen molar-refractivity contribution in [3.8, 4) is 0 Å². The van der Waals surface area contributed by atoms with E-state index in [1.807, 2.05) is 49.0 Å². The van der Waals surface area contributed by atoms with Crippen molar-refractivity contribution >= 4 is 17.9 Å². The quantitative estimate of drug-likeness (QED) is 0.907. The van der Waals surface area contributed by atoms with E-state index in [4.69, 9.17) is 4.74 Å². The third-order valence-corrected chi connectivity index (χ3v) is 4.60. The lowest BCUT2D eigenvalue weighted by atomic mass is 10.2. The van der Waals surface area contributed by atoms with E-state index < -0.39 is 0 Å². The second-order valence-electron chi connectivity index (χ2n) is 5.00. The summed E-state index contributed by atoms with van der Waals surface area (Å²) in [6, 6.07) is 9.60. The van der Waals surface area contributed by atoms with Crippen molar-refractivity contribution in [3.05, 3.63) is 35.9 Å². The molecule has 2 rings (SSSR count). The summed E-state index contributed by atoms with van der Waals surface area (Å²) in [4.78, 5) is 14.0. The highest BCUT2D eigenvalue weighted by atomic mass is 32.2. The van der Waals surface area contributed by atoms with E-state index in [0.717, 1.165) is 23.5 Å². The van der Waals surface area contributed by atoms with E-state index >= 15 is 0 Å². The number of aliphatic hydroxyl groups excluding tert-OH is 1. The van der Waals surface area contributed by atoms with Crippen LogP contribution in [-0.2, 0) is 11.3 Å². The molecular formula is C15H21NO3S. The number of carbonyl (C=O) groups is 1. The summed E-state index contributed by atoms with van der Waals surface area (Å²) in [7, 11) is 0. The van der Waals surface area contributed by atoms with Crippen LogP contribution in [0.3, 0.4) is 0 Å². The number of amides is 1. The molecule has 1 aromatic carbocycles. The predicted molar refractivity (Wildman–Crippen MR) is 80.7 cm³/mol. The molecule has 110 valence electrons. The number of rotatable bonds is 5. The highest BCUT2D eigenvalue weighted by Gasteiger charge is 2.31. The average Bonchev–Trinajstić information content (AvgIpc) is 3.00. The summed E-state index contributed by atoms with van der Waals surface area (Å²) in [6.45, 7) is 2.09. The normalized spacial score (nSPS) is 19.6. The van der Waals surface area contributed by atoms with Gasteiger partial charge in [0, 0.05) is 11.8 Å². The molecule has 1 aromatic rings. The molecule has 20 heavy (non-hydrogen) atoms. The summed E-state index contributed by atoms with van der Waals surface area (Å²) in [6.07, 6.45) is 0.637. The lowest BCUT2D eigenvalue weighted by Gasteiger charge is -2.32. The van der Waals surface area contributed by atoms with Gasteiger partial charge in [0.25, 0.3) is 0 Å². The maximum Gasteiger partial charge on any atom is 0.410 e. The number of ether oxygens (including phenoxy) is 1. The lowest BCUT2D eigenvalue weighted by Crippen LogP contribution is -2.47. The number of hydrogen-bond acceptors (Lipinski definition) is 4. The molecule has 5 heteroatoms. The fourth-order valence-corrected chi connectivity index (χ4v) is 3.52. The Morgan fingerprint density at radius 2 is 2.25 bits per heavy atom. The zero-order chi connectivity index (χ0) is 14.4. The molecule has 1 N–H and O–H groups in total. The molecule has 4 nitrogen and oxygen atoms in total. The van der Waals surface area contributed by atoms with Crippen molar-refractivity contribution in [2.75, 3.05) is 18.1 Å². The van der Waals surface area contributed by atoms with E-state index in [0.29, 0.717) is 0 Å². The monoisotopic (exact) mass is 295 g/mol. The van der Waals surface area contributed by atoms with Gasteiger partial charge in [-0.1, -0.05) is 30.3 Å². The van der Waals surface area contributed by atoms with E-state index in [2.05, 4.69) is 0 Å². The smallest absolute Gasteiger partial charge is 0.410 e. The maximum absolute atomic E-state index is 12.3. The summed E-state index contributed by atoms with van der Waals surface area (Å²) in [5, 5.41) is 9.34. The molecule has 0 aliphatic carbocycles. The minimum absolute atomic E-state index is 0.0401. The van der Waals surface area contributed by atoms with Crippen LogP contribution in [0.4, 0.5) is 4.79 Å². The molecule has 0 saturated carbocycles. The first-order valence-corrected chi connectivity index (χ1v) is 8.05. The first kappa shape index (κ1) is 15.2. The van der Waals surface area contributed by atoms with Gasteiger partial charge in [0.2, 0.25) is 0 Å². The van der Waals surface area contributed by atoms with Crippen molar-refractivity contribution < 1.29 is 14.6 Å². The standard InChI is InChI=1S/C15H21NO3S/c1-12(9-17)16(14-7-8-20-11-14)15(18)19-10-13-5-3-2-4-6-13/h2-6,12,14,17H,7-11H2,1H3. The van der Waals surface area contributed by atoms with Gasteiger partial charge in [-0.2, -0.15) is 11.8 Å². The number of thioether (sulfide) groups is 1. The molecule has 2 atom stereocenters. The Labute approximate surface area is 124 Å². The highest BCUT2D eigenvalue weighted by Crippen LogP contribution is 2.24. The van der Waals surface area contributed by atoms with Gasteiger partial charge in [-0.25, -0.2) is 4.79 Å². The molecule has 0 spiro atoms. The van der Waals surface area contributed by atoms with Gasteiger partial charge in [-0.05, 0) is 24.7 Å². The van der Waals surface area contributed by atoms with Gasteiger partial charge in [-0.15, -0.1) is 0 Å². The second kappa shape index (κ2) is 7.55. The number of aliphatic hydroxyl groups is 1. The van der Waals surface area contributed by atoms with Crippen molar-refractivity contribution in [1.29, 1.82) is 0 Å². The molecule has 0 aromatic heterocycles. The Morgan fingerprint density at radius 1 is 1.50 bits per heavy atom. The molecule has 1 aliphatic rings. The van der Waals surface area contributed by atoms with Crippen LogP contribution in [0.25, 0.3) is 0 Å². The van der Waals surface area contributed by atoms with Gasteiger partial charge >= 0.3 is 6.09 Å². The van der Waals surface area contributed by atoms with Crippen LogP contribution in [0.2, 0.25) is 0 Å². The minimum atomic E-state index is -0.331. The Hall–Kier alpha value is -1.20. The van der Waals surface area contributed by atoms with Gasteiger partial charge in [0.1, 0.15) is 6.61 Å². The van der Waals surface area contributed by atoms with Crippen molar-refractivity contribution in [2.45, 2.75) is 32.0 Å². The van der Waals surface area contributed by atoms with Crippen LogP contribution < -0.4 is 0 Å². The highest BCUT2D eigenvalue weighted by molar-refractivity contribution is 7.99. The van der Waals surface area contributed by atoms with E-state index in [1.54, 1.807) is 4.90 Å². The summed E-state index contributed by atoms with van der Waals surface area (Å²) in [5.74, 6) is 1.98. The topological polar surface area (TPSA) is 49.8 Å². The largest absolute Gasteiger partial charge is 0.445 e. The molecule has 1 aliphatic heterocycles. The van der Waals surface area contributed by atoms with E-state index in [9.17, 15) is 9.90 Å². The van der Waals surface area contributed by atoms with E-state index in [-0.39, 0.29) is 31.4 Å².